The second-order valence-corrected chi connectivity index (χ2v) is 5.42. The fourth-order valence-electron chi connectivity index (χ4n) is 3.03. The highest BCUT2D eigenvalue weighted by Gasteiger charge is 2.33. The summed E-state index contributed by atoms with van der Waals surface area (Å²) in [6.45, 7) is 2.83. The minimum Gasteiger partial charge on any atom is -0.394 e. The van der Waals surface area contributed by atoms with E-state index in [1.807, 2.05) is 4.90 Å². The van der Waals surface area contributed by atoms with Gasteiger partial charge in [-0.15, -0.1) is 0 Å². The van der Waals surface area contributed by atoms with Crippen molar-refractivity contribution >= 4 is 5.91 Å². The minimum atomic E-state index is -0.394. The molecule has 98 valence electrons. The van der Waals surface area contributed by atoms with Crippen LogP contribution in [0.1, 0.15) is 45.4 Å². The van der Waals surface area contributed by atoms with Crippen LogP contribution >= 0.6 is 0 Å². The maximum Gasteiger partial charge on any atom is 0.242 e. The van der Waals surface area contributed by atoms with Crippen molar-refractivity contribution in [2.75, 3.05) is 13.2 Å². The van der Waals surface area contributed by atoms with Crippen LogP contribution in [-0.2, 0) is 4.79 Å². The molecule has 0 radical (unpaired) electrons. The molecule has 0 aromatic heterocycles. The van der Waals surface area contributed by atoms with Gasteiger partial charge in [-0.05, 0) is 26.2 Å². The molecule has 2 rings (SSSR count). The van der Waals surface area contributed by atoms with Crippen LogP contribution in [0.3, 0.4) is 0 Å². The van der Waals surface area contributed by atoms with Crippen molar-refractivity contribution in [1.29, 1.82) is 0 Å². The lowest BCUT2D eigenvalue weighted by atomic mass is 9.93. The van der Waals surface area contributed by atoms with Gasteiger partial charge in [-0.3, -0.25) is 4.79 Å². The number of aliphatic hydroxyl groups excluding tert-OH is 1. The standard InChI is InChI=1S/C13H24N2O2/c1-10-7-8-15(11-5-3-2-4-6-11)13(17)12(9-16)14-10/h10-12,14,16H,2-9H2,1H3. The molecular formula is C13H24N2O2. The van der Waals surface area contributed by atoms with Crippen molar-refractivity contribution in [1.82, 2.24) is 10.2 Å². The SMILES string of the molecule is CC1CCN(C2CCCCC2)C(=O)C(CO)N1. The number of nitrogens with one attached hydrogen (secondary N) is 1. The number of hydrogen-bond acceptors (Lipinski definition) is 3. The third-order valence-corrected chi connectivity index (χ3v) is 4.07. The lowest BCUT2D eigenvalue weighted by Crippen LogP contribution is -2.50. The normalized spacial score (nSPS) is 32.6. The number of carbonyl (C=O) groups excluding carboxylic acids is 1. The van der Waals surface area contributed by atoms with Gasteiger partial charge in [0.1, 0.15) is 6.04 Å². The molecule has 2 atom stereocenters. The van der Waals surface area contributed by atoms with Gasteiger partial charge in [-0.2, -0.15) is 0 Å². The van der Waals surface area contributed by atoms with E-state index in [0.29, 0.717) is 12.1 Å². The van der Waals surface area contributed by atoms with Crippen LogP contribution in [0, 0.1) is 0 Å². The van der Waals surface area contributed by atoms with Crippen LogP contribution < -0.4 is 5.32 Å². The van der Waals surface area contributed by atoms with Gasteiger partial charge >= 0.3 is 0 Å². The zero-order chi connectivity index (χ0) is 12.3. The van der Waals surface area contributed by atoms with Crippen LogP contribution in [0.2, 0.25) is 0 Å². The smallest absolute Gasteiger partial charge is 0.242 e. The molecular weight excluding hydrogens is 216 g/mol. The van der Waals surface area contributed by atoms with Crippen molar-refractivity contribution in [3.63, 3.8) is 0 Å². The summed E-state index contributed by atoms with van der Waals surface area (Å²) in [7, 11) is 0. The molecule has 0 aromatic rings. The number of amides is 1. The maximum absolute atomic E-state index is 12.3. The van der Waals surface area contributed by atoms with Gasteiger partial charge in [0.25, 0.3) is 0 Å². The summed E-state index contributed by atoms with van der Waals surface area (Å²) in [6, 6.07) is 0.330. The van der Waals surface area contributed by atoms with Gasteiger partial charge in [-0.1, -0.05) is 19.3 Å². The van der Waals surface area contributed by atoms with E-state index in [9.17, 15) is 9.90 Å². The third-order valence-electron chi connectivity index (χ3n) is 4.07. The molecule has 0 aromatic carbocycles. The van der Waals surface area contributed by atoms with Crippen molar-refractivity contribution in [3.05, 3.63) is 0 Å². The monoisotopic (exact) mass is 240 g/mol. The molecule has 17 heavy (non-hydrogen) atoms. The quantitative estimate of drug-likeness (QED) is 0.753. The Kier molecular flexibility index (Phi) is 4.40. The average molecular weight is 240 g/mol. The van der Waals surface area contributed by atoms with E-state index in [0.717, 1.165) is 25.8 Å². The Bertz CT molecular complexity index is 264. The topological polar surface area (TPSA) is 52.6 Å². The summed E-state index contributed by atoms with van der Waals surface area (Å²) in [4.78, 5) is 14.3. The molecule has 0 spiro atoms. The van der Waals surface area contributed by atoms with Crippen LogP contribution in [0.4, 0.5) is 0 Å². The Morgan fingerprint density at radius 2 is 2.00 bits per heavy atom. The fraction of sp³-hybridized carbons (Fsp3) is 0.923. The molecule has 1 saturated carbocycles. The predicted octanol–water partition coefficient (Wildman–Crippen LogP) is 0.890. The van der Waals surface area contributed by atoms with Crippen molar-refractivity contribution in [2.45, 2.75) is 63.6 Å². The summed E-state index contributed by atoms with van der Waals surface area (Å²) in [6.07, 6.45) is 7.04. The van der Waals surface area contributed by atoms with Gasteiger partial charge in [0.05, 0.1) is 6.61 Å². The van der Waals surface area contributed by atoms with Crippen LogP contribution in [0.5, 0.6) is 0 Å². The Morgan fingerprint density at radius 3 is 2.65 bits per heavy atom. The molecule has 2 N–H and O–H groups in total. The van der Waals surface area contributed by atoms with Crippen LogP contribution in [-0.4, -0.2) is 47.2 Å². The van der Waals surface area contributed by atoms with E-state index in [-0.39, 0.29) is 12.5 Å². The molecule has 2 fully saturated rings. The summed E-state index contributed by atoms with van der Waals surface area (Å²) in [5.41, 5.74) is 0. The van der Waals surface area contributed by atoms with Crippen molar-refractivity contribution < 1.29 is 9.90 Å². The molecule has 1 aliphatic heterocycles. The van der Waals surface area contributed by atoms with E-state index in [1.54, 1.807) is 0 Å². The highest BCUT2D eigenvalue weighted by Crippen LogP contribution is 2.24. The van der Waals surface area contributed by atoms with E-state index in [4.69, 9.17) is 0 Å². The molecule has 1 saturated heterocycles. The van der Waals surface area contributed by atoms with Gasteiger partial charge < -0.3 is 15.3 Å². The first-order valence-electron chi connectivity index (χ1n) is 6.89. The fourth-order valence-corrected chi connectivity index (χ4v) is 3.03. The number of hydrogen-bond donors (Lipinski definition) is 2. The summed E-state index contributed by atoms with van der Waals surface area (Å²) < 4.78 is 0. The molecule has 1 aliphatic carbocycles. The first-order chi connectivity index (χ1) is 8.22. The van der Waals surface area contributed by atoms with Gasteiger partial charge in [0.15, 0.2) is 0 Å². The first kappa shape index (κ1) is 12.8. The molecule has 0 bridgehead atoms. The molecule has 2 unspecified atom stereocenters. The minimum absolute atomic E-state index is 0.0909. The Hall–Kier alpha value is -0.610. The first-order valence-corrected chi connectivity index (χ1v) is 6.89. The largest absolute Gasteiger partial charge is 0.394 e. The van der Waals surface area contributed by atoms with Crippen molar-refractivity contribution in [3.8, 4) is 0 Å². The number of aliphatic hydroxyl groups is 1. The number of rotatable bonds is 2. The molecule has 1 heterocycles. The molecule has 4 heteroatoms. The number of carbonyl (C=O) groups is 1. The van der Waals surface area contributed by atoms with Crippen molar-refractivity contribution in [2.24, 2.45) is 0 Å². The summed E-state index contributed by atoms with van der Waals surface area (Å²) in [5.74, 6) is 0.101. The highest BCUT2D eigenvalue weighted by atomic mass is 16.3. The zero-order valence-corrected chi connectivity index (χ0v) is 10.7. The predicted molar refractivity (Wildman–Crippen MR) is 66.7 cm³/mol. The van der Waals surface area contributed by atoms with Gasteiger partial charge in [0.2, 0.25) is 5.91 Å². The second-order valence-electron chi connectivity index (χ2n) is 5.42. The van der Waals surface area contributed by atoms with Gasteiger partial charge in [0, 0.05) is 18.6 Å². The summed E-state index contributed by atoms with van der Waals surface area (Å²) >= 11 is 0. The zero-order valence-electron chi connectivity index (χ0n) is 10.7. The molecule has 1 amide bonds. The Balaban J connectivity index is 2.05. The summed E-state index contributed by atoms with van der Waals surface area (Å²) in [5, 5.41) is 12.5. The van der Waals surface area contributed by atoms with Crippen LogP contribution in [0.15, 0.2) is 0 Å². The van der Waals surface area contributed by atoms with E-state index in [1.165, 1.54) is 19.3 Å². The molecule has 2 aliphatic rings. The molecule has 4 nitrogen and oxygen atoms in total. The maximum atomic E-state index is 12.3. The van der Waals surface area contributed by atoms with Gasteiger partial charge in [-0.25, -0.2) is 0 Å². The van der Waals surface area contributed by atoms with E-state index in [2.05, 4.69) is 12.2 Å². The average Bonchev–Trinajstić information content (AvgIpc) is 2.50. The van der Waals surface area contributed by atoms with E-state index < -0.39 is 6.04 Å². The van der Waals surface area contributed by atoms with E-state index >= 15 is 0 Å². The second kappa shape index (κ2) is 5.83. The highest BCUT2D eigenvalue weighted by molar-refractivity contribution is 5.82. The Morgan fingerprint density at radius 1 is 1.29 bits per heavy atom. The number of nitrogens with zero attached hydrogens (tertiary/aromatic N) is 1. The Labute approximate surface area is 103 Å². The lowest BCUT2D eigenvalue weighted by Gasteiger charge is -2.34. The lowest BCUT2D eigenvalue weighted by molar-refractivity contribution is -0.136. The van der Waals surface area contributed by atoms with Crippen LogP contribution in [0.25, 0.3) is 0 Å². The third kappa shape index (κ3) is 2.99.